The number of aromatic nitrogens is 1. The van der Waals surface area contributed by atoms with Crippen molar-refractivity contribution < 1.29 is 4.74 Å². The van der Waals surface area contributed by atoms with Crippen molar-refractivity contribution in [2.24, 2.45) is 0 Å². The van der Waals surface area contributed by atoms with Gasteiger partial charge in [0.25, 0.3) is 0 Å². The second-order valence-electron chi connectivity index (χ2n) is 3.93. The second-order valence-corrected chi connectivity index (χ2v) is 3.93. The monoisotopic (exact) mass is 210 g/mol. The van der Waals surface area contributed by atoms with E-state index < -0.39 is 0 Å². The van der Waals surface area contributed by atoms with Crippen molar-refractivity contribution >= 4 is 0 Å². The first kappa shape index (κ1) is 12.3. The number of nitrogens with zero attached hydrogens (tertiary/aromatic N) is 1. The average Bonchev–Trinajstić information content (AvgIpc) is 2.66. The summed E-state index contributed by atoms with van der Waals surface area (Å²) in [4.78, 5) is 0. The zero-order valence-electron chi connectivity index (χ0n) is 9.99. The molecule has 15 heavy (non-hydrogen) atoms. The molecule has 0 aliphatic heterocycles. The van der Waals surface area contributed by atoms with Gasteiger partial charge in [0.15, 0.2) is 0 Å². The Hall–Kier alpha value is -0.800. The lowest BCUT2D eigenvalue weighted by molar-refractivity contribution is 0.117. The van der Waals surface area contributed by atoms with Crippen LogP contribution in [0.5, 0.6) is 0 Å². The molecule has 0 aromatic carbocycles. The topological polar surface area (TPSA) is 26.2 Å². The largest absolute Gasteiger partial charge is 0.380 e. The molecule has 1 rings (SSSR count). The lowest BCUT2D eigenvalue weighted by Crippen LogP contribution is -2.25. The van der Waals surface area contributed by atoms with Crippen LogP contribution >= 0.6 is 0 Å². The highest BCUT2D eigenvalue weighted by Gasteiger charge is 1.99. The van der Waals surface area contributed by atoms with Crippen LogP contribution in [0.1, 0.15) is 25.8 Å². The number of hydrogen-bond donors (Lipinski definition) is 1. The van der Waals surface area contributed by atoms with Crippen LogP contribution in [0.25, 0.3) is 0 Å². The first-order chi connectivity index (χ1) is 7.26. The van der Waals surface area contributed by atoms with Gasteiger partial charge in [-0.3, -0.25) is 0 Å². The fourth-order valence-corrected chi connectivity index (χ4v) is 1.50. The highest BCUT2D eigenvalue weighted by molar-refractivity contribution is 5.09. The van der Waals surface area contributed by atoms with Crippen LogP contribution in [-0.2, 0) is 17.8 Å². The molecule has 3 heteroatoms. The number of hydrogen-bond acceptors (Lipinski definition) is 2. The number of aryl methyl sites for hydroxylation is 1. The van der Waals surface area contributed by atoms with Crippen LogP contribution in [0.2, 0.25) is 0 Å². The first-order valence-electron chi connectivity index (χ1n) is 5.64. The van der Waals surface area contributed by atoms with Gasteiger partial charge in [0.2, 0.25) is 0 Å². The Labute approximate surface area is 92.4 Å². The minimum absolute atomic E-state index is 0.280. The predicted octanol–water partition coefficient (Wildman–Crippen LogP) is 2.02. The summed E-state index contributed by atoms with van der Waals surface area (Å²) in [6, 6.07) is 2.17. The lowest BCUT2D eigenvalue weighted by atomic mass is 10.3. The van der Waals surface area contributed by atoms with Gasteiger partial charge < -0.3 is 14.6 Å². The summed E-state index contributed by atoms with van der Waals surface area (Å²) in [5.41, 5.74) is 1.34. The quantitative estimate of drug-likeness (QED) is 0.745. The molecule has 0 aliphatic carbocycles. The maximum Gasteiger partial charge on any atom is 0.0667 e. The molecule has 3 nitrogen and oxygen atoms in total. The minimum atomic E-state index is 0.280. The molecule has 1 aromatic heterocycles. The maximum absolute atomic E-state index is 5.16. The van der Waals surface area contributed by atoms with Crippen molar-refractivity contribution in [2.45, 2.75) is 39.5 Å². The van der Waals surface area contributed by atoms with Crippen molar-refractivity contribution in [1.82, 2.24) is 9.88 Å². The normalized spacial score (nSPS) is 13.0. The third-order valence-corrected chi connectivity index (χ3v) is 2.46. The molecule has 0 saturated heterocycles. The van der Waals surface area contributed by atoms with Crippen molar-refractivity contribution in [3.05, 3.63) is 24.0 Å². The zero-order valence-corrected chi connectivity index (χ0v) is 9.99. The summed E-state index contributed by atoms with van der Waals surface area (Å²) in [5.74, 6) is 0. The van der Waals surface area contributed by atoms with Gasteiger partial charge in [-0.1, -0.05) is 6.92 Å². The number of ether oxygens (including phenoxy) is 1. The molecule has 0 fully saturated rings. The third kappa shape index (κ3) is 4.49. The minimum Gasteiger partial charge on any atom is -0.380 e. The van der Waals surface area contributed by atoms with E-state index >= 15 is 0 Å². The van der Waals surface area contributed by atoms with E-state index in [1.165, 1.54) is 12.0 Å². The zero-order chi connectivity index (χ0) is 11.1. The van der Waals surface area contributed by atoms with E-state index in [1.54, 1.807) is 7.11 Å². The maximum atomic E-state index is 5.16. The fourth-order valence-electron chi connectivity index (χ4n) is 1.50. The molecule has 0 radical (unpaired) electrons. The Bertz CT molecular complexity index is 270. The predicted molar refractivity (Wildman–Crippen MR) is 62.9 cm³/mol. The van der Waals surface area contributed by atoms with Crippen LogP contribution in [0.4, 0.5) is 0 Å². The van der Waals surface area contributed by atoms with Crippen molar-refractivity contribution in [2.75, 3.05) is 13.7 Å². The summed E-state index contributed by atoms with van der Waals surface area (Å²) in [6.45, 7) is 7.18. The van der Waals surface area contributed by atoms with Gasteiger partial charge in [-0.05, 0) is 25.0 Å². The number of rotatable bonds is 7. The summed E-state index contributed by atoms with van der Waals surface area (Å²) in [7, 11) is 1.74. The Morgan fingerprint density at radius 2 is 2.33 bits per heavy atom. The van der Waals surface area contributed by atoms with E-state index in [2.05, 4.69) is 42.2 Å². The van der Waals surface area contributed by atoms with Crippen LogP contribution in [0.3, 0.4) is 0 Å². The molecule has 86 valence electrons. The van der Waals surface area contributed by atoms with Crippen LogP contribution in [0.15, 0.2) is 18.5 Å². The summed E-state index contributed by atoms with van der Waals surface area (Å²) in [5, 5.41) is 3.37. The van der Waals surface area contributed by atoms with E-state index in [1.807, 2.05) is 0 Å². The Morgan fingerprint density at radius 3 is 3.00 bits per heavy atom. The molecule has 1 aromatic rings. The van der Waals surface area contributed by atoms with E-state index in [4.69, 9.17) is 4.74 Å². The van der Waals surface area contributed by atoms with Gasteiger partial charge in [0.1, 0.15) is 0 Å². The number of methoxy groups -OCH3 is 1. The van der Waals surface area contributed by atoms with E-state index in [-0.39, 0.29) is 6.10 Å². The molecule has 0 spiro atoms. The average molecular weight is 210 g/mol. The van der Waals surface area contributed by atoms with Crippen molar-refractivity contribution in [1.29, 1.82) is 0 Å². The smallest absolute Gasteiger partial charge is 0.0667 e. The van der Waals surface area contributed by atoms with Crippen LogP contribution < -0.4 is 5.32 Å². The summed E-state index contributed by atoms with van der Waals surface area (Å²) >= 11 is 0. The fraction of sp³-hybridized carbons (Fsp3) is 0.667. The highest BCUT2D eigenvalue weighted by atomic mass is 16.5. The Balaban J connectivity index is 2.25. The van der Waals surface area contributed by atoms with E-state index in [0.29, 0.717) is 0 Å². The molecule has 1 atom stereocenters. The van der Waals surface area contributed by atoms with E-state index in [9.17, 15) is 0 Å². The van der Waals surface area contributed by atoms with Crippen molar-refractivity contribution in [3.8, 4) is 0 Å². The molecule has 1 unspecified atom stereocenters. The second kappa shape index (κ2) is 6.64. The molecule has 0 bridgehead atoms. The van der Waals surface area contributed by atoms with Gasteiger partial charge in [-0.25, -0.2) is 0 Å². The Morgan fingerprint density at radius 1 is 1.53 bits per heavy atom. The van der Waals surface area contributed by atoms with Gasteiger partial charge in [-0.15, -0.1) is 0 Å². The van der Waals surface area contributed by atoms with Crippen LogP contribution in [-0.4, -0.2) is 24.3 Å². The lowest BCUT2D eigenvalue weighted by Gasteiger charge is -2.09. The van der Waals surface area contributed by atoms with Gasteiger partial charge in [0.05, 0.1) is 6.10 Å². The molecular weight excluding hydrogens is 188 g/mol. The Kier molecular flexibility index (Phi) is 5.43. The molecule has 0 aliphatic rings. The third-order valence-electron chi connectivity index (χ3n) is 2.46. The first-order valence-corrected chi connectivity index (χ1v) is 5.64. The molecule has 0 amide bonds. The van der Waals surface area contributed by atoms with Crippen molar-refractivity contribution in [3.63, 3.8) is 0 Å². The van der Waals surface area contributed by atoms with E-state index in [0.717, 1.165) is 19.6 Å². The number of nitrogens with one attached hydrogen (secondary N) is 1. The van der Waals surface area contributed by atoms with Gasteiger partial charge in [0, 0.05) is 39.1 Å². The molecular formula is C12H22N2O. The summed E-state index contributed by atoms with van der Waals surface area (Å²) < 4.78 is 7.40. The molecule has 1 N–H and O–H groups in total. The van der Waals surface area contributed by atoms with Gasteiger partial charge >= 0.3 is 0 Å². The SMILES string of the molecule is CCCn1ccc(CNCC(C)OC)c1. The van der Waals surface area contributed by atoms with Crippen LogP contribution in [0, 0.1) is 0 Å². The molecule has 1 heterocycles. The van der Waals surface area contributed by atoms with Gasteiger partial charge in [-0.2, -0.15) is 0 Å². The standard InChI is InChI=1S/C12H22N2O/c1-4-6-14-7-5-12(10-14)9-13-8-11(2)15-3/h5,7,10-11,13H,4,6,8-9H2,1-3H3. The highest BCUT2D eigenvalue weighted by Crippen LogP contribution is 2.01. The molecule has 0 saturated carbocycles. The summed E-state index contributed by atoms with van der Waals surface area (Å²) in [6.07, 6.45) is 5.80.